The lowest BCUT2D eigenvalue weighted by atomic mass is 9.75. The molecule has 0 bridgehead atoms. The first-order chi connectivity index (χ1) is 6.97. The first-order valence-electron chi connectivity index (χ1n) is 5.09. The Morgan fingerprint density at radius 1 is 1.31 bits per heavy atom. The van der Waals surface area contributed by atoms with E-state index in [0.717, 1.165) is 0 Å². The van der Waals surface area contributed by atoms with E-state index < -0.39 is 37.1 Å². The van der Waals surface area contributed by atoms with Crippen LogP contribution in [0.4, 0.5) is 8.78 Å². The van der Waals surface area contributed by atoms with Crippen LogP contribution in [0.5, 0.6) is 0 Å². The highest BCUT2D eigenvalue weighted by molar-refractivity contribution is 6.45. The molecule has 1 unspecified atom stereocenters. The Bertz CT molecular complexity index is 221. The highest BCUT2D eigenvalue weighted by Crippen LogP contribution is 2.26. The maximum absolute atomic E-state index is 12.0. The molecular weight excluding hydrogens is 219 g/mol. The van der Waals surface area contributed by atoms with Crippen LogP contribution in [0.25, 0.3) is 0 Å². The van der Waals surface area contributed by atoms with Gasteiger partial charge in [-0.05, 0) is 27.7 Å². The molecular formula is C9H20BF2NO3. The van der Waals surface area contributed by atoms with Gasteiger partial charge in [0.25, 0.3) is 0 Å². The number of halogens is 2. The minimum Gasteiger partial charge on any atom is -0.426 e. The van der Waals surface area contributed by atoms with Gasteiger partial charge in [0.05, 0.1) is 11.2 Å². The third kappa shape index (κ3) is 4.73. The maximum Gasteiger partial charge on any atom is 0.472 e. The molecule has 0 heterocycles. The number of aliphatic hydroxyl groups is 1. The van der Waals surface area contributed by atoms with Gasteiger partial charge in [0.1, 0.15) is 0 Å². The average molecular weight is 239 g/mol. The Morgan fingerprint density at radius 3 is 2.06 bits per heavy atom. The van der Waals surface area contributed by atoms with Crippen molar-refractivity contribution in [2.24, 2.45) is 5.73 Å². The number of hydrogen-bond acceptors (Lipinski definition) is 4. The molecule has 16 heavy (non-hydrogen) atoms. The van der Waals surface area contributed by atoms with Crippen molar-refractivity contribution in [3.05, 3.63) is 0 Å². The lowest BCUT2D eigenvalue weighted by Crippen LogP contribution is -2.55. The molecule has 0 spiro atoms. The number of rotatable bonds is 6. The Labute approximate surface area is 94.9 Å². The smallest absolute Gasteiger partial charge is 0.426 e. The van der Waals surface area contributed by atoms with Crippen molar-refractivity contribution >= 4 is 7.12 Å². The maximum atomic E-state index is 12.0. The molecule has 0 fully saturated rings. The first kappa shape index (κ1) is 15.8. The number of alkyl halides is 2. The van der Waals surface area contributed by atoms with E-state index in [1.807, 2.05) is 0 Å². The molecule has 0 aliphatic heterocycles. The third-order valence-corrected chi connectivity index (χ3v) is 2.71. The average Bonchev–Trinajstić information content (AvgIpc) is 1.99. The summed E-state index contributed by atoms with van der Waals surface area (Å²) in [6.07, 6.45) is -3.25. The zero-order valence-electron chi connectivity index (χ0n) is 10.1. The summed E-state index contributed by atoms with van der Waals surface area (Å²) in [7, 11) is -1.53. The van der Waals surface area contributed by atoms with E-state index in [9.17, 15) is 18.9 Å². The first-order valence-corrected chi connectivity index (χ1v) is 5.09. The van der Waals surface area contributed by atoms with Crippen LogP contribution in [0, 0.1) is 0 Å². The van der Waals surface area contributed by atoms with Crippen molar-refractivity contribution in [3.63, 3.8) is 0 Å². The highest BCUT2D eigenvalue weighted by atomic mass is 19.3. The predicted octanol–water partition coefficient (Wildman–Crippen LogP) is 0.555. The van der Waals surface area contributed by atoms with E-state index in [0.29, 0.717) is 0 Å². The fourth-order valence-corrected chi connectivity index (χ4v) is 0.856. The molecule has 0 aromatic carbocycles. The normalized spacial score (nSPS) is 15.4. The minimum absolute atomic E-state index is 0.650. The molecule has 96 valence electrons. The summed E-state index contributed by atoms with van der Waals surface area (Å²) in [4.78, 5) is 0. The fourth-order valence-electron chi connectivity index (χ4n) is 0.856. The van der Waals surface area contributed by atoms with Crippen LogP contribution in [-0.2, 0) is 4.65 Å². The Hall–Kier alpha value is -0.235. The zero-order chi connectivity index (χ0) is 13.1. The lowest BCUT2D eigenvalue weighted by Gasteiger charge is -2.39. The molecule has 0 aliphatic carbocycles. The number of nitrogens with two attached hydrogens (primary N) is 1. The molecule has 7 heteroatoms. The molecule has 0 rings (SSSR count). The summed E-state index contributed by atoms with van der Waals surface area (Å²) in [6.45, 7) is 6.09. The van der Waals surface area contributed by atoms with Crippen molar-refractivity contribution in [1.29, 1.82) is 0 Å². The largest absolute Gasteiger partial charge is 0.472 e. The van der Waals surface area contributed by atoms with Crippen LogP contribution in [0.1, 0.15) is 34.1 Å². The van der Waals surface area contributed by atoms with Crippen molar-refractivity contribution < 1.29 is 23.6 Å². The highest BCUT2D eigenvalue weighted by Gasteiger charge is 2.41. The van der Waals surface area contributed by atoms with Crippen molar-refractivity contribution in [1.82, 2.24) is 0 Å². The van der Waals surface area contributed by atoms with Crippen molar-refractivity contribution in [2.75, 3.05) is 0 Å². The summed E-state index contributed by atoms with van der Waals surface area (Å²) in [5.74, 6) is -1.18. The standard InChI is InChI=1S/C9H20BF2NO3/c1-8(2,14)9(3,4)16-10(15)6(13)5-7(11)12/h6-7,14-15H,5,13H2,1-4H3. The van der Waals surface area contributed by atoms with Crippen LogP contribution < -0.4 is 5.73 Å². The fraction of sp³-hybridized carbons (Fsp3) is 1.00. The lowest BCUT2D eigenvalue weighted by molar-refractivity contribution is -0.101. The van der Waals surface area contributed by atoms with Crippen LogP contribution in [0.2, 0.25) is 0 Å². The second kappa shape index (κ2) is 5.40. The summed E-state index contributed by atoms with van der Waals surface area (Å²) >= 11 is 0. The second-order valence-electron chi connectivity index (χ2n) is 4.87. The van der Waals surface area contributed by atoms with E-state index in [1.165, 1.54) is 13.8 Å². The molecule has 4 N–H and O–H groups in total. The van der Waals surface area contributed by atoms with Gasteiger partial charge in [-0.3, -0.25) is 0 Å². The van der Waals surface area contributed by atoms with Crippen LogP contribution >= 0.6 is 0 Å². The van der Waals surface area contributed by atoms with Crippen molar-refractivity contribution in [2.45, 2.75) is 57.7 Å². The summed E-state index contributed by atoms with van der Waals surface area (Å²) in [6, 6.07) is 0. The van der Waals surface area contributed by atoms with Gasteiger partial charge in [0.2, 0.25) is 6.43 Å². The second-order valence-corrected chi connectivity index (χ2v) is 4.87. The van der Waals surface area contributed by atoms with Gasteiger partial charge >= 0.3 is 7.12 Å². The Morgan fingerprint density at radius 2 is 1.75 bits per heavy atom. The van der Waals surface area contributed by atoms with E-state index >= 15 is 0 Å². The van der Waals surface area contributed by atoms with Crippen molar-refractivity contribution in [3.8, 4) is 0 Å². The SMILES string of the molecule is CC(C)(O)C(C)(C)OB(O)C(N)CC(F)F. The van der Waals surface area contributed by atoms with Gasteiger partial charge in [-0.1, -0.05) is 0 Å². The summed E-state index contributed by atoms with van der Waals surface area (Å²) in [5, 5.41) is 19.2. The molecule has 0 saturated heterocycles. The minimum atomic E-state index is -2.60. The molecule has 0 radical (unpaired) electrons. The van der Waals surface area contributed by atoms with E-state index in [1.54, 1.807) is 13.8 Å². The van der Waals surface area contributed by atoms with Gasteiger partial charge in [-0.25, -0.2) is 8.78 Å². The van der Waals surface area contributed by atoms with Gasteiger partial charge in [-0.2, -0.15) is 0 Å². The van der Waals surface area contributed by atoms with Crippen LogP contribution in [0.3, 0.4) is 0 Å². The van der Waals surface area contributed by atoms with Crippen LogP contribution in [0.15, 0.2) is 0 Å². The Kier molecular flexibility index (Phi) is 5.32. The monoisotopic (exact) mass is 239 g/mol. The van der Waals surface area contributed by atoms with E-state index in [2.05, 4.69) is 0 Å². The molecule has 0 amide bonds. The zero-order valence-corrected chi connectivity index (χ0v) is 10.1. The summed E-state index contributed by atoms with van der Waals surface area (Å²) in [5.41, 5.74) is 3.02. The van der Waals surface area contributed by atoms with Gasteiger partial charge in [-0.15, -0.1) is 0 Å². The quantitative estimate of drug-likeness (QED) is 0.592. The van der Waals surface area contributed by atoms with Crippen LogP contribution in [-0.4, -0.2) is 40.8 Å². The molecule has 4 nitrogen and oxygen atoms in total. The van der Waals surface area contributed by atoms with Gasteiger partial charge in [0.15, 0.2) is 0 Å². The molecule has 0 aromatic heterocycles. The Balaban J connectivity index is 4.38. The molecule has 1 atom stereocenters. The van der Waals surface area contributed by atoms with E-state index in [4.69, 9.17) is 10.4 Å². The predicted molar refractivity (Wildman–Crippen MR) is 58.0 cm³/mol. The number of hydrogen-bond donors (Lipinski definition) is 3. The summed E-state index contributed by atoms with van der Waals surface area (Å²) < 4.78 is 29.1. The van der Waals surface area contributed by atoms with Gasteiger partial charge < -0.3 is 20.5 Å². The molecule has 0 saturated carbocycles. The third-order valence-electron chi connectivity index (χ3n) is 2.71. The molecule has 0 aliphatic rings. The van der Waals surface area contributed by atoms with E-state index in [-0.39, 0.29) is 0 Å². The molecule has 0 aromatic rings. The topological polar surface area (TPSA) is 75.7 Å². The van der Waals surface area contributed by atoms with Gasteiger partial charge in [0, 0.05) is 12.4 Å².